The van der Waals surface area contributed by atoms with Crippen LogP contribution in [0.1, 0.15) is 57.9 Å². The van der Waals surface area contributed by atoms with E-state index in [0.717, 1.165) is 43.1 Å². The Bertz CT molecular complexity index is 470. The van der Waals surface area contributed by atoms with Crippen LogP contribution in [0.3, 0.4) is 0 Å². The van der Waals surface area contributed by atoms with Crippen molar-refractivity contribution in [3.63, 3.8) is 0 Å². The minimum absolute atomic E-state index is 0.755. The van der Waals surface area contributed by atoms with Crippen molar-refractivity contribution >= 4 is 11.4 Å². The Kier molecular flexibility index (Phi) is 6.09. The first-order valence-corrected chi connectivity index (χ1v) is 8.35. The Morgan fingerprint density at radius 3 is 2.81 bits per heavy atom. The Morgan fingerprint density at radius 1 is 1.29 bits per heavy atom. The number of hydrogen-bond donors (Lipinski definition) is 1. The van der Waals surface area contributed by atoms with Crippen molar-refractivity contribution in [1.82, 2.24) is 0 Å². The number of nitrogens with zero attached hydrogens (tertiary/aromatic N) is 2. The number of oxime groups is 1. The van der Waals surface area contributed by atoms with Crippen LogP contribution in [0.2, 0.25) is 0 Å². The first kappa shape index (κ1) is 15.9. The van der Waals surface area contributed by atoms with Crippen molar-refractivity contribution in [3.8, 4) is 0 Å². The summed E-state index contributed by atoms with van der Waals surface area (Å²) in [4.78, 5) is 2.50. The van der Waals surface area contributed by atoms with Gasteiger partial charge in [-0.15, -0.1) is 0 Å². The molecule has 1 heterocycles. The van der Waals surface area contributed by atoms with Crippen LogP contribution in [0.5, 0.6) is 0 Å². The third kappa shape index (κ3) is 3.99. The lowest BCUT2D eigenvalue weighted by Gasteiger charge is -2.29. The lowest BCUT2D eigenvalue weighted by atomic mass is 9.98. The zero-order valence-corrected chi connectivity index (χ0v) is 13.4. The second-order valence-electron chi connectivity index (χ2n) is 6.03. The Labute approximate surface area is 128 Å². The van der Waals surface area contributed by atoms with Gasteiger partial charge in [-0.1, -0.05) is 56.5 Å². The van der Waals surface area contributed by atoms with Crippen LogP contribution in [-0.2, 0) is 0 Å². The molecular formula is C18H28N2O. The molecular weight excluding hydrogens is 260 g/mol. The summed E-state index contributed by atoms with van der Waals surface area (Å²) < 4.78 is 0. The number of rotatable bonds is 6. The van der Waals surface area contributed by atoms with Crippen molar-refractivity contribution in [2.75, 3.05) is 18.0 Å². The quantitative estimate of drug-likeness (QED) is 0.609. The van der Waals surface area contributed by atoms with Crippen LogP contribution in [-0.4, -0.2) is 24.0 Å². The van der Waals surface area contributed by atoms with Gasteiger partial charge < -0.3 is 10.1 Å². The fraction of sp³-hybridized carbons (Fsp3) is 0.611. The minimum Gasteiger partial charge on any atom is -0.411 e. The lowest BCUT2D eigenvalue weighted by molar-refractivity contribution is 0.318. The first-order chi connectivity index (χ1) is 10.3. The van der Waals surface area contributed by atoms with Crippen molar-refractivity contribution < 1.29 is 5.21 Å². The summed E-state index contributed by atoms with van der Waals surface area (Å²) in [5.74, 6) is 0.755. The zero-order valence-electron chi connectivity index (χ0n) is 13.4. The maximum Gasteiger partial charge on any atom is 0.0889 e. The summed E-state index contributed by atoms with van der Waals surface area (Å²) in [6.07, 6.45) is 7.05. The topological polar surface area (TPSA) is 35.8 Å². The van der Waals surface area contributed by atoms with Gasteiger partial charge in [0.15, 0.2) is 0 Å². The Hall–Kier alpha value is -1.51. The highest BCUT2D eigenvalue weighted by Gasteiger charge is 2.21. The van der Waals surface area contributed by atoms with Crippen molar-refractivity contribution in [2.24, 2.45) is 11.1 Å². The van der Waals surface area contributed by atoms with Crippen molar-refractivity contribution in [3.05, 3.63) is 29.8 Å². The molecule has 116 valence electrons. The Morgan fingerprint density at radius 2 is 2.10 bits per heavy atom. The highest BCUT2D eigenvalue weighted by Crippen LogP contribution is 2.28. The molecule has 0 aromatic heterocycles. The van der Waals surface area contributed by atoms with E-state index in [0.29, 0.717) is 0 Å². The molecule has 0 aliphatic carbocycles. The normalized spacial score (nSPS) is 18.4. The van der Waals surface area contributed by atoms with E-state index < -0.39 is 0 Å². The summed E-state index contributed by atoms with van der Waals surface area (Å²) >= 11 is 0. The molecule has 0 fully saturated rings. The summed E-state index contributed by atoms with van der Waals surface area (Å²) in [6, 6.07) is 8.36. The van der Waals surface area contributed by atoms with Crippen LogP contribution in [0, 0.1) is 5.92 Å². The molecule has 1 aromatic rings. The summed E-state index contributed by atoms with van der Waals surface area (Å²) in [5, 5.41) is 12.8. The van der Waals surface area contributed by atoms with Crippen LogP contribution in [0.15, 0.2) is 29.4 Å². The largest absolute Gasteiger partial charge is 0.411 e. The summed E-state index contributed by atoms with van der Waals surface area (Å²) in [6.45, 7) is 6.73. The molecule has 1 atom stereocenters. The van der Waals surface area contributed by atoms with Gasteiger partial charge in [-0.3, -0.25) is 0 Å². The van der Waals surface area contributed by atoms with Crippen LogP contribution in [0.4, 0.5) is 5.69 Å². The molecule has 2 rings (SSSR count). The molecule has 1 aromatic carbocycles. The number of unbranched alkanes of at least 4 members (excludes halogenated alkanes) is 1. The van der Waals surface area contributed by atoms with E-state index in [-0.39, 0.29) is 0 Å². The molecule has 0 radical (unpaired) electrons. The first-order valence-electron chi connectivity index (χ1n) is 8.35. The number of hydrogen-bond acceptors (Lipinski definition) is 3. The molecule has 0 saturated heterocycles. The van der Waals surface area contributed by atoms with E-state index in [9.17, 15) is 5.21 Å². The molecule has 3 heteroatoms. The molecule has 1 aliphatic heterocycles. The molecule has 0 spiro atoms. The molecule has 0 amide bonds. The standard InChI is InChI=1S/C18H28N2O/c1-3-5-9-15(4-2)14-20-13-8-11-17(19-21)16-10-6-7-12-18(16)20/h6-7,10,12,15,21H,3-5,8-9,11,13-14H2,1-2H3/b19-17-. The van der Waals surface area contributed by atoms with Gasteiger partial charge in [0.2, 0.25) is 0 Å². The summed E-state index contributed by atoms with van der Waals surface area (Å²) in [5.41, 5.74) is 3.16. The van der Waals surface area contributed by atoms with Gasteiger partial charge in [0.05, 0.1) is 5.71 Å². The monoisotopic (exact) mass is 288 g/mol. The van der Waals surface area contributed by atoms with Gasteiger partial charge in [0.1, 0.15) is 0 Å². The third-order valence-corrected chi connectivity index (χ3v) is 4.54. The fourth-order valence-corrected chi connectivity index (χ4v) is 3.21. The molecule has 21 heavy (non-hydrogen) atoms. The van der Waals surface area contributed by atoms with E-state index in [1.54, 1.807) is 0 Å². The van der Waals surface area contributed by atoms with Crippen molar-refractivity contribution in [2.45, 2.75) is 52.4 Å². The lowest BCUT2D eigenvalue weighted by Crippen LogP contribution is -2.30. The number of fused-ring (bicyclic) bond motifs is 1. The van der Waals surface area contributed by atoms with Gasteiger partial charge >= 0.3 is 0 Å². The highest BCUT2D eigenvalue weighted by atomic mass is 16.4. The Balaban J connectivity index is 2.19. The minimum atomic E-state index is 0.755. The van der Waals surface area contributed by atoms with E-state index in [4.69, 9.17) is 0 Å². The van der Waals surface area contributed by atoms with Crippen molar-refractivity contribution in [1.29, 1.82) is 0 Å². The smallest absolute Gasteiger partial charge is 0.0889 e. The van der Waals surface area contributed by atoms with Crippen LogP contribution < -0.4 is 4.90 Å². The summed E-state index contributed by atoms with van der Waals surface area (Å²) in [7, 11) is 0. The van der Waals surface area contributed by atoms with Gasteiger partial charge in [0, 0.05) is 24.3 Å². The van der Waals surface area contributed by atoms with E-state index in [1.807, 2.05) is 6.07 Å². The zero-order chi connectivity index (χ0) is 15.1. The molecule has 0 saturated carbocycles. The van der Waals surface area contributed by atoms with Gasteiger partial charge in [-0.2, -0.15) is 0 Å². The molecule has 1 N–H and O–H groups in total. The second kappa shape index (κ2) is 8.06. The van der Waals surface area contributed by atoms with Crippen LogP contribution in [0.25, 0.3) is 0 Å². The predicted octanol–water partition coefficient (Wildman–Crippen LogP) is 4.68. The second-order valence-corrected chi connectivity index (χ2v) is 6.03. The number of para-hydroxylation sites is 1. The van der Waals surface area contributed by atoms with E-state index in [1.165, 1.54) is 31.4 Å². The predicted molar refractivity (Wildman–Crippen MR) is 89.5 cm³/mol. The van der Waals surface area contributed by atoms with Gasteiger partial charge in [0.25, 0.3) is 0 Å². The highest BCUT2D eigenvalue weighted by molar-refractivity contribution is 6.05. The van der Waals surface area contributed by atoms with E-state index in [2.05, 4.69) is 42.1 Å². The average molecular weight is 288 g/mol. The van der Waals surface area contributed by atoms with E-state index >= 15 is 0 Å². The third-order valence-electron chi connectivity index (χ3n) is 4.54. The number of benzene rings is 1. The molecule has 1 unspecified atom stereocenters. The fourth-order valence-electron chi connectivity index (χ4n) is 3.21. The molecule has 3 nitrogen and oxygen atoms in total. The van der Waals surface area contributed by atoms with Gasteiger partial charge in [-0.05, 0) is 31.2 Å². The maximum absolute atomic E-state index is 9.26. The molecule has 0 bridgehead atoms. The van der Waals surface area contributed by atoms with Crippen LogP contribution >= 0.6 is 0 Å². The average Bonchev–Trinajstić information content (AvgIpc) is 2.70. The maximum atomic E-state index is 9.26. The van der Waals surface area contributed by atoms with Gasteiger partial charge in [-0.25, -0.2) is 0 Å². The molecule has 1 aliphatic rings. The SMILES string of the molecule is CCCCC(CC)CN1CCC/C(=N/O)c2ccccc21. The number of anilines is 1.